The Kier molecular flexibility index (Phi) is 5.09. The molecule has 0 aliphatic carbocycles. The van der Waals surface area contributed by atoms with Crippen molar-refractivity contribution in [1.82, 2.24) is 4.90 Å². The van der Waals surface area contributed by atoms with Gasteiger partial charge in [-0.1, -0.05) is 12.1 Å². The Bertz CT molecular complexity index is 389. The molecule has 94 valence electrons. The summed E-state index contributed by atoms with van der Waals surface area (Å²) in [5.74, 6) is -0.439. The van der Waals surface area contributed by atoms with Crippen LogP contribution in [0, 0.1) is 11.7 Å². The molecule has 1 fully saturated rings. The van der Waals surface area contributed by atoms with E-state index in [1.54, 1.807) is 18.2 Å². The predicted molar refractivity (Wildman–Crippen MR) is 68.2 cm³/mol. The molecule has 0 amide bonds. The zero-order chi connectivity index (χ0) is 11.5. The molecular weight excluding hydrogens is 241 g/mol. The molecule has 1 aliphatic heterocycles. The lowest BCUT2D eigenvalue weighted by atomic mass is 9.89. The van der Waals surface area contributed by atoms with E-state index >= 15 is 0 Å². The number of nitrogens with zero attached hydrogens (tertiary/aromatic N) is 1. The van der Waals surface area contributed by atoms with Crippen molar-refractivity contribution < 1.29 is 9.18 Å². The normalized spacial score (nSPS) is 17.5. The van der Waals surface area contributed by atoms with Crippen LogP contribution >= 0.6 is 12.4 Å². The van der Waals surface area contributed by atoms with E-state index in [0.29, 0.717) is 0 Å². The number of benzene rings is 1. The van der Waals surface area contributed by atoms with Crippen LogP contribution in [0.4, 0.5) is 4.39 Å². The number of hydrogen-bond donors (Lipinski definition) is 0. The highest BCUT2D eigenvalue weighted by molar-refractivity contribution is 5.98. The van der Waals surface area contributed by atoms with Crippen molar-refractivity contribution >= 4 is 18.2 Å². The van der Waals surface area contributed by atoms with Crippen LogP contribution in [0.2, 0.25) is 0 Å². The quantitative estimate of drug-likeness (QED) is 0.760. The fraction of sp³-hybridized carbons (Fsp3) is 0.462. The fourth-order valence-electron chi connectivity index (χ4n) is 2.15. The third kappa shape index (κ3) is 3.27. The monoisotopic (exact) mass is 257 g/mol. The van der Waals surface area contributed by atoms with Crippen molar-refractivity contribution in [2.75, 3.05) is 20.1 Å². The first-order valence-corrected chi connectivity index (χ1v) is 5.66. The molecule has 2 nitrogen and oxygen atoms in total. The highest BCUT2D eigenvalue weighted by atomic mass is 35.5. The molecule has 0 unspecified atom stereocenters. The van der Waals surface area contributed by atoms with Gasteiger partial charge in [0.1, 0.15) is 5.82 Å². The second-order valence-electron chi connectivity index (χ2n) is 4.42. The molecule has 0 atom stereocenters. The molecule has 1 saturated heterocycles. The number of halogens is 2. The van der Waals surface area contributed by atoms with E-state index in [4.69, 9.17) is 0 Å². The zero-order valence-electron chi connectivity index (χ0n) is 9.86. The second-order valence-corrected chi connectivity index (χ2v) is 4.42. The number of Topliss-reactive ketones (excluding diaryl/α,β-unsaturated/α-hetero) is 1. The number of rotatable bonds is 2. The topological polar surface area (TPSA) is 20.3 Å². The number of likely N-dealkylation sites (tertiary alicyclic amines) is 1. The lowest BCUT2D eigenvalue weighted by molar-refractivity contribution is 0.0852. The smallest absolute Gasteiger partial charge is 0.168 e. The van der Waals surface area contributed by atoms with Gasteiger partial charge in [-0.25, -0.2) is 4.39 Å². The van der Waals surface area contributed by atoms with Crippen LogP contribution in [0.25, 0.3) is 0 Å². The van der Waals surface area contributed by atoms with Crippen LogP contribution < -0.4 is 0 Å². The van der Waals surface area contributed by atoms with E-state index in [0.717, 1.165) is 25.9 Å². The largest absolute Gasteiger partial charge is 0.306 e. The van der Waals surface area contributed by atoms with Crippen molar-refractivity contribution in [3.63, 3.8) is 0 Å². The molecule has 17 heavy (non-hydrogen) atoms. The van der Waals surface area contributed by atoms with Gasteiger partial charge >= 0.3 is 0 Å². The highest BCUT2D eigenvalue weighted by Crippen LogP contribution is 2.22. The molecule has 0 bridgehead atoms. The molecule has 1 aliphatic rings. The van der Waals surface area contributed by atoms with Crippen LogP contribution in [0.1, 0.15) is 23.2 Å². The first kappa shape index (κ1) is 14.1. The minimum Gasteiger partial charge on any atom is -0.306 e. The summed E-state index contributed by atoms with van der Waals surface area (Å²) in [5.41, 5.74) is 0.247. The summed E-state index contributed by atoms with van der Waals surface area (Å²) in [6.07, 6.45) is 1.67. The fourth-order valence-corrected chi connectivity index (χ4v) is 2.15. The third-order valence-electron chi connectivity index (χ3n) is 3.23. The second kappa shape index (κ2) is 6.12. The van der Waals surface area contributed by atoms with Crippen molar-refractivity contribution in [2.24, 2.45) is 5.92 Å². The Hall–Kier alpha value is -0.930. The lowest BCUT2D eigenvalue weighted by Crippen LogP contribution is -2.33. The minimum atomic E-state index is -0.397. The molecule has 2 rings (SSSR count). The van der Waals surface area contributed by atoms with Gasteiger partial charge in [-0.15, -0.1) is 12.4 Å². The van der Waals surface area contributed by atoms with Crippen molar-refractivity contribution in [3.8, 4) is 0 Å². The van der Waals surface area contributed by atoms with E-state index in [2.05, 4.69) is 4.90 Å². The number of ketones is 1. The number of hydrogen-bond acceptors (Lipinski definition) is 2. The van der Waals surface area contributed by atoms with Gasteiger partial charge in [0.05, 0.1) is 5.56 Å². The molecule has 1 aromatic rings. The van der Waals surface area contributed by atoms with E-state index < -0.39 is 5.82 Å². The molecular formula is C13H17ClFNO. The summed E-state index contributed by atoms with van der Waals surface area (Å²) in [6.45, 7) is 1.84. The summed E-state index contributed by atoms with van der Waals surface area (Å²) in [6, 6.07) is 6.25. The van der Waals surface area contributed by atoms with Crippen LogP contribution in [0.5, 0.6) is 0 Å². The third-order valence-corrected chi connectivity index (χ3v) is 3.23. The van der Waals surface area contributed by atoms with Gasteiger partial charge in [-0.3, -0.25) is 4.79 Å². The van der Waals surface area contributed by atoms with Crippen LogP contribution in [0.3, 0.4) is 0 Å². The Balaban J connectivity index is 0.00000144. The van der Waals surface area contributed by atoms with Crippen LogP contribution in [-0.2, 0) is 0 Å². The van der Waals surface area contributed by atoms with Crippen LogP contribution in [-0.4, -0.2) is 30.8 Å². The zero-order valence-corrected chi connectivity index (χ0v) is 10.7. The van der Waals surface area contributed by atoms with Gasteiger partial charge in [-0.05, 0) is 45.1 Å². The van der Waals surface area contributed by atoms with Crippen molar-refractivity contribution in [3.05, 3.63) is 35.6 Å². The minimum absolute atomic E-state index is 0. The summed E-state index contributed by atoms with van der Waals surface area (Å²) >= 11 is 0. The summed E-state index contributed by atoms with van der Waals surface area (Å²) in [7, 11) is 2.05. The Morgan fingerprint density at radius 1 is 1.29 bits per heavy atom. The van der Waals surface area contributed by atoms with Gasteiger partial charge in [0.15, 0.2) is 5.78 Å². The first-order valence-electron chi connectivity index (χ1n) is 5.66. The molecule has 0 N–H and O–H groups in total. The molecule has 0 saturated carbocycles. The summed E-state index contributed by atoms with van der Waals surface area (Å²) in [5, 5.41) is 0. The first-order chi connectivity index (χ1) is 7.68. The van der Waals surface area contributed by atoms with E-state index in [9.17, 15) is 9.18 Å². The number of carbonyl (C=O) groups is 1. The average Bonchev–Trinajstić information content (AvgIpc) is 2.30. The predicted octanol–water partition coefficient (Wildman–Crippen LogP) is 2.77. The molecule has 0 spiro atoms. The maximum atomic E-state index is 13.4. The Labute approximate surface area is 107 Å². The van der Waals surface area contributed by atoms with Crippen molar-refractivity contribution in [1.29, 1.82) is 0 Å². The number of piperidine rings is 1. The SMILES string of the molecule is CN1CCC(C(=O)c2ccccc2F)CC1.Cl. The molecule has 1 aromatic carbocycles. The van der Waals surface area contributed by atoms with E-state index in [-0.39, 0.29) is 29.7 Å². The van der Waals surface area contributed by atoms with Gasteiger partial charge in [0.25, 0.3) is 0 Å². The molecule has 4 heteroatoms. The summed E-state index contributed by atoms with van der Waals surface area (Å²) < 4.78 is 13.4. The van der Waals surface area contributed by atoms with E-state index in [1.807, 2.05) is 7.05 Å². The summed E-state index contributed by atoms with van der Waals surface area (Å²) in [4.78, 5) is 14.3. The number of carbonyl (C=O) groups excluding carboxylic acids is 1. The van der Waals surface area contributed by atoms with Gasteiger partial charge in [0.2, 0.25) is 0 Å². The van der Waals surface area contributed by atoms with Gasteiger partial charge in [0, 0.05) is 5.92 Å². The Morgan fingerprint density at radius 3 is 2.47 bits per heavy atom. The maximum Gasteiger partial charge on any atom is 0.168 e. The van der Waals surface area contributed by atoms with Crippen molar-refractivity contribution in [2.45, 2.75) is 12.8 Å². The highest BCUT2D eigenvalue weighted by Gasteiger charge is 2.25. The van der Waals surface area contributed by atoms with Crippen LogP contribution in [0.15, 0.2) is 24.3 Å². The maximum absolute atomic E-state index is 13.4. The molecule has 0 aromatic heterocycles. The standard InChI is InChI=1S/C13H16FNO.ClH/c1-15-8-6-10(7-9-15)13(16)11-4-2-3-5-12(11)14;/h2-5,10H,6-9H2,1H3;1H. The van der Waals surface area contributed by atoms with Gasteiger partial charge in [-0.2, -0.15) is 0 Å². The van der Waals surface area contributed by atoms with Gasteiger partial charge < -0.3 is 4.90 Å². The molecule has 0 radical (unpaired) electrons. The van der Waals surface area contributed by atoms with E-state index in [1.165, 1.54) is 6.07 Å². The average molecular weight is 258 g/mol. The lowest BCUT2D eigenvalue weighted by Gasteiger charge is -2.28. The Morgan fingerprint density at radius 2 is 1.88 bits per heavy atom. The molecule has 1 heterocycles.